The SMILES string of the molecule is Cc1ncc(N)cc1C(=O)N(CC#N)Cc1ccccc1. The van der Waals surface area contributed by atoms with Crippen LogP contribution < -0.4 is 5.73 Å². The van der Waals surface area contributed by atoms with Crippen LogP contribution in [0.15, 0.2) is 42.6 Å². The van der Waals surface area contributed by atoms with Gasteiger partial charge in [0.2, 0.25) is 0 Å². The normalized spacial score (nSPS) is 9.90. The van der Waals surface area contributed by atoms with Gasteiger partial charge in [-0.2, -0.15) is 5.26 Å². The monoisotopic (exact) mass is 280 g/mol. The van der Waals surface area contributed by atoms with Crippen LogP contribution >= 0.6 is 0 Å². The molecular weight excluding hydrogens is 264 g/mol. The first-order valence-corrected chi connectivity index (χ1v) is 6.54. The molecule has 2 rings (SSSR count). The minimum Gasteiger partial charge on any atom is -0.397 e. The second kappa shape index (κ2) is 6.53. The van der Waals surface area contributed by atoms with Crippen molar-refractivity contribution in [1.82, 2.24) is 9.88 Å². The highest BCUT2D eigenvalue weighted by molar-refractivity contribution is 5.96. The zero-order valence-electron chi connectivity index (χ0n) is 11.8. The van der Waals surface area contributed by atoms with E-state index in [1.807, 2.05) is 36.4 Å². The number of hydrogen-bond acceptors (Lipinski definition) is 4. The molecule has 0 saturated heterocycles. The van der Waals surface area contributed by atoms with Crippen LogP contribution in [0.4, 0.5) is 5.69 Å². The van der Waals surface area contributed by atoms with Gasteiger partial charge in [0.15, 0.2) is 0 Å². The third-order valence-corrected chi connectivity index (χ3v) is 3.10. The van der Waals surface area contributed by atoms with E-state index >= 15 is 0 Å². The predicted molar refractivity (Wildman–Crippen MR) is 80.2 cm³/mol. The first-order valence-electron chi connectivity index (χ1n) is 6.54. The number of aromatic nitrogens is 1. The van der Waals surface area contributed by atoms with E-state index in [1.54, 1.807) is 13.0 Å². The summed E-state index contributed by atoms with van der Waals surface area (Å²) >= 11 is 0. The Labute approximate surface area is 123 Å². The Morgan fingerprint density at radius 2 is 2.10 bits per heavy atom. The van der Waals surface area contributed by atoms with E-state index in [2.05, 4.69) is 4.98 Å². The van der Waals surface area contributed by atoms with Crippen molar-refractivity contribution in [3.8, 4) is 6.07 Å². The quantitative estimate of drug-likeness (QED) is 0.870. The lowest BCUT2D eigenvalue weighted by atomic mass is 10.1. The molecule has 0 aliphatic heterocycles. The molecule has 0 fully saturated rings. The van der Waals surface area contributed by atoms with Gasteiger partial charge in [0.1, 0.15) is 6.54 Å². The lowest BCUT2D eigenvalue weighted by molar-refractivity contribution is 0.0764. The number of aryl methyl sites for hydroxylation is 1. The van der Waals surface area contributed by atoms with Crippen molar-refractivity contribution in [2.24, 2.45) is 0 Å². The molecule has 0 radical (unpaired) electrons. The number of carbonyl (C=O) groups excluding carboxylic acids is 1. The minimum atomic E-state index is -0.238. The minimum absolute atomic E-state index is 0.0158. The van der Waals surface area contributed by atoms with Gasteiger partial charge in [-0.05, 0) is 18.6 Å². The number of benzene rings is 1. The Morgan fingerprint density at radius 3 is 2.76 bits per heavy atom. The second-order valence-corrected chi connectivity index (χ2v) is 4.71. The molecule has 0 aliphatic carbocycles. The average Bonchev–Trinajstić information content (AvgIpc) is 2.49. The predicted octanol–water partition coefficient (Wildman–Crippen LogP) is 2.14. The van der Waals surface area contributed by atoms with E-state index in [9.17, 15) is 4.79 Å². The molecule has 0 aliphatic rings. The fraction of sp³-hybridized carbons (Fsp3) is 0.188. The number of nitrogen functional groups attached to an aromatic ring is 1. The fourth-order valence-electron chi connectivity index (χ4n) is 2.02. The van der Waals surface area contributed by atoms with Gasteiger partial charge in [0.25, 0.3) is 5.91 Å². The van der Waals surface area contributed by atoms with Crippen molar-refractivity contribution in [2.45, 2.75) is 13.5 Å². The lowest BCUT2D eigenvalue weighted by Gasteiger charge is -2.20. The van der Waals surface area contributed by atoms with Crippen LogP contribution in [0.25, 0.3) is 0 Å². The van der Waals surface area contributed by atoms with E-state index in [0.29, 0.717) is 23.5 Å². The fourth-order valence-corrected chi connectivity index (χ4v) is 2.02. The van der Waals surface area contributed by atoms with Gasteiger partial charge in [-0.3, -0.25) is 9.78 Å². The highest BCUT2D eigenvalue weighted by atomic mass is 16.2. The number of nitriles is 1. The molecule has 1 heterocycles. The van der Waals surface area contributed by atoms with Gasteiger partial charge < -0.3 is 10.6 Å². The smallest absolute Gasteiger partial charge is 0.256 e. The van der Waals surface area contributed by atoms with Crippen molar-refractivity contribution in [3.63, 3.8) is 0 Å². The summed E-state index contributed by atoms with van der Waals surface area (Å²) in [6.45, 7) is 2.14. The van der Waals surface area contributed by atoms with Gasteiger partial charge in [0, 0.05) is 6.54 Å². The largest absolute Gasteiger partial charge is 0.397 e. The third-order valence-electron chi connectivity index (χ3n) is 3.10. The van der Waals surface area contributed by atoms with E-state index in [4.69, 9.17) is 11.0 Å². The molecule has 5 heteroatoms. The van der Waals surface area contributed by atoms with Crippen LogP contribution in [0.1, 0.15) is 21.6 Å². The lowest BCUT2D eigenvalue weighted by Crippen LogP contribution is -2.31. The summed E-state index contributed by atoms with van der Waals surface area (Å²) in [4.78, 5) is 18.2. The highest BCUT2D eigenvalue weighted by Crippen LogP contribution is 2.14. The van der Waals surface area contributed by atoms with Crippen molar-refractivity contribution >= 4 is 11.6 Å². The number of hydrogen-bond donors (Lipinski definition) is 1. The van der Waals surface area contributed by atoms with Crippen LogP contribution in [0, 0.1) is 18.3 Å². The number of rotatable bonds is 4. The van der Waals surface area contributed by atoms with Crippen molar-refractivity contribution < 1.29 is 4.79 Å². The Hall–Kier alpha value is -2.87. The van der Waals surface area contributed by atoms with Crippen molar-refractivity contribution in [2.75, 3.05) is 12.3 Å². The molecule has 1 aromatic carbocycles. The molecule has 0 unspecified atom stereocenters. The maximum atomic E-state index is 12.6. The molecule has 0 spiro atoms. The third kappa shape index (κ3) is 3.57. The van der Waals surface area contributed by atoms with E-state index in [1.165, 1.54) is 11.1 Å². The number of pyridine rings is 1. The van der Waals surface area contributed by atoms with Gasteiger partial charge in [-0.15, -0.1) is 0 Å². The number of anilines is 1. The summed E-state index contributed by atoms with van der Waals surface area (Å²) in [5.41, 5.74) is 8.13. The molecule has 106 valence electrons. The highest BCUT2D eigenvalue weighted by Gasteiger charge is 2.18. The Balaban J connectivity index is 2.27. The molecule has 0 bridgehead atoms. The standard InChI is InChI=1S/C16H16N4O/c1-12-15(9-14(18)10-19-12)16(21)20(8-7-17)11-13-5-3-2-4-6-13/h2-6,9-10H,8,11,18H2,1H3. The maximum absolute atomic E-state index is 12.6. The number of amides is 1. The Kier molecular flexibility index (Phi) is 4.52. The van der Waals surface area contributed by atoms with Gasteiger partial charge in [-0.25, -0.2) is 0 Å². The number of nitrogens with two attached hydrogens (primary N) is 1. The van der Waals surface area contributed by atoms with Crippen LogP contribution in [0.5, 0.6) is 0 Å². The zero-order valence-corrected chi connectivity index (χ0v) is 11.8. The summed E-state index contributed by atoms with van der Waals surface area (Å²) in [6.07, 6.45) is 1.51. The first-order chi connectivity index (χ1) is 10.1. The molecule has 1 amide bonds. The van der Waals surface area contributed by atoms with Crippen LogP contribution in [0.3, 0.4) is 0 Å². The molecule has 1 aromatic heterocycles. The number of carbonyl (C=O) groups is 1. The second-order valence-electron chi connectivity index (χ2n) is 4.71. The Bertz CT molecular complexity index is 676. The summed E-state index contributed by atoms with van der Waals surface area (Å²) in [6, 6.07) is 13.2. The van der Waals surface area contributed by atoms with E-state index in [0.717, 1.165) is 5.56 Å². The van der Waals surface area contributed by atoms with Crippen LogP contribution in [-0.4, -0.2) is 22.3 Å². The molecule has 5 nitrogen and oxygen atoms in total. The topological polar surface area (TPSA) is 83.0 Å². The molecule has 2 N–H and O–H groups in total. The van der Waals surface area contributed by atoms with Gasteiger partial charge >= 0.3 is 0 Å². The van der Waals surface area contributed by atoms with Gasteiger partial charge in [-0.1, -0.05) is 30.3 Å². The van der Waals surface area contributed by atoms with E-state index < -0.39 is 0 Å². The summed E-state index contributed by atoms with van der Waals surface area (Å²) < 4.78 is 0. The van der Waals surface area contributed by atoms with Crippen molar-refractivity contribution in [3.05, 3.63) is 59.4 Å². The van der Waals surface area contributed by atoms with Gasteiger partial charge in [0.05, 0.1) is 29.2 Å². The summed E-state index contributed by atoms with van der Waals surface area (Å²) in [7, 11) is 0. The maximum Gasteiger partial charge on any atom is 0.256 e. The number of nitrogens with zero attached hydrogens (tertiary/aromatic N) is 3. The molecule has 21 heavy (non-hydrogen) atoms. The van der Waals surface area contributed by atoms with E-state index in [-0.39, 0.29) is 12.5 Å². The zero-order chi connectivity index (χ0) is 15.2. The van der Waals surface area contributed by atoms with Crippen molar-refractivity contribution in [1.29, 1.82) is 5.26 Å². The van der Waals surface area contributed by atoms with Crippen LogP contribution in [0.2, 0.25) is 0 Å². The average molecular weight is 280 g/mol. The molecular formula is C16H16N4O. The Morgan fingerprint density at radius 1 is 1.38 bits per heavy atom. The summed E-state index contributed by atoms with van der Waals surface area (Å²) in [5.74, 6) is -0.238. The molecule has 2 aromatic rings. The molecule has 0 atom stereocenters. The van der Waals surface area contributed by atoms with Crippen LogP contribution in [-0.2, 0) is 6.54 Å². The molecule has 0 saturated carbocycles. The summed E-state index contributed by atoms with van der Waals surface area (Å²) in [5, 5.41) is 8.95. The first kappa shape index (κ1) is 14.5.